The summed E-state index contributed by atoms with van der Waals surface area (Å²) in [4.78, 5) is 7.14. The quantitative estimate of drug-likeness (QED) is 0.538. The molecule has 0 aromatic carbocycles. The van der Waals surface area contributed by atoms with Crippen LogP contribution in [0.5, 0.6) is 0 Å². The van der Waals surface area contributed by atoms with E-state index in [1.165, 1.54) is 4.43 Å². The van der Waals surface area contributed by atoms with Crippen LogP contribution in [0.4, 0.5) is 0 Å². The van der Waals surface area contributed by atoms with Gasteiger partial charge in [0.2, 0.25) is 0 Å². The van der Waals surface area contributed by atoms with Crippen LogP contribution in [0.3, 0.4) is 0 Å². The molecule has 1 unspecified atom stereocenters. The van der Waals surface area contributed by atoms with Crippen molar-refractivity contribution in [3.8, 4) is 0 Å². The van der Waals surface area contributed by atoms with Gasteiger partial charge in [-0.25, -0.2) is 0 Å². The first-order valence-corrected chi connectivity index (χ1v) is 9.00. The van der Waals surface area contributed by atoms with Gasteiger partial charge in [-0.3, -0.25) is 0 Å². The Balaban J connectivity index is 3.38. The zero-order valence-electron chi connectivity index (χ0n) is 7.11. The van der Waals surface area contributed by atoms with Gasteiger partial charge >= 0.3 is 66.1 Å². The van der Waals surface area contributed by atoms with Crippen LogP contribution in [-0.2, 0) is 0 Å². The summed E-state index contributed by atoms with van der Waals surface area (Å²) in [6, 6.07) is 0.796. The summed E-state index contributed by atoms with van der Waals surface area (Å²) in [6.07, 6.45) is 0. The predicted octanol–water partition coefficient (Wildman–Crippen LogP) is 1.70. The van der Waals surface area contributed by atoms with Gasteiger partial charge in [0.15, 0.2) is 0 Å². The fraction of sp³-hybridized carbons (Fsp3) is 1.00. The summed E-state index contributed by atoms with van der Waals surface area (Å²) in [5.74, 6) is 0. The van der Waals surface area contributed by atoms with Gasteiger partial charge in [0.1, 0.15) is 0 Å². The first-order chi connectivity index (χ1) is 4.04. The Kier molecular flexibility index (Phi) is 4.84. The number of nitrogens with zero attached hydrogens (tertiary/aromatic N) is 1. The molecule has 1 atom stereocenters. The number of hydrogen-bond donors (Lipinski definition) is 0. The van der Waals surface area contributed by atoms with E-state index < -0.39 is 19.8 Å². The van der Waals surface area contributed by atoms with Gasteiger partial charge in [0.05, 0.1) is 0 Å². The van der Waals surface area contributed by atoms with E-state index in [4.69, 9.17) is 0 Å². The van der Waals surface area contributed by atoms with Crippen LogP contribution in [0.15, 0.2) is 0 Å². The topological polar surface area (TPSA) is 3.24 Å². The fourth-order valence-electron chi connectivity index (χ4n) is 0.585. The molecule has 9 heavy (non-hydrogen) atoms. The zero-order valence-corrected chi connectivity index (χ0v) is 9.27. The summed E-state index contributed by atoms with van der Waals surface area (Å²) in [7, 11) is 4.31. The Morgan fingerprint density at radius 1 is 1.33 bits per heavy atom. The van der Waals surface area contributed by atoms with Crippen LogP contribution in [0.2, 0.25) is 0 Å². The molecule has 0 aliphatic heterocycles. The van der Waals surface area contributed by atoms with Crippen LogP contribution < -0.4 is 0 Å². The molecule has 0 aliphatic rings. The average Bonchev–Trinajstić information content (AvgIpc) is 1.63. The molecule has 0 fully saturated rings. The van der Waals surface area contributed by atoms with Crippen molar-refractivity contribution in [1.82, 2.24) is 4.90 Å². The average molecular weight is 243 g/mol. The molecule has 0 saturated carbocycles. The molecule has 0 bridgehead atoms. The van der Waals surface area contributed by atoms with E-state index in [2.05, 4.69) is 35.8 Å². The summed E-state index contributed by atoms with van der Waals surface area (Å²) in [5.41, 5.74) is 0. The Morgan fingerprint density at radius 3 is 1.89 bits per heavy atom. The second-order valence-electron chi connectivity index (χ2n) is 2.88. The third-order valence-corrected chi connectivity index (χ3v) is 4.45. The first-order valence-electron chi connectivity index (χ1n) is 3.16. The molecule has 0 rings (SSSR count). The van der Waals surface area contributed by atoms with E-state index >= 15 is 0 Å². The van der Waals surface area contributed by atoms with Gasteiger partial charge in [-0.2, -0.15) is 0 Å². The van der Waals surface area contributed by atoms with E-state index in [1.54, 1.807) is 0 Å². The molecule has 58 valence electrons. The molecule has 2 heteroatoms. The first kappa shape index (κ1) is 9.69. The summed E-state index contributed by atoms with van der Waals surface area (Å²) in [5, 5.41) is 0. The Hall–Kier alpha value is 0.690. The third kappa shape index (κ3) is 5.15. The molecular weight excluding hydrogens is 225 g/mol. The van der Waals surface area contributed by atoms with Gasteiger partial charge in [0, 0.05) is 0 Å². The second-order valence-corrected chi connectivity index (χ2v) is 8.97. The van der Waals surface area contributed by atoms with Crippen molar-refractivity contribution in [1.29, 1.82) is 0 Å². The maximum atomic E-state index is 2.42. The van der Waals surface area contributed by atoms with Crippen LogP contribution >= 0.6 is 19.8 Å². The number of hydrogen-bond acceptors (Lipinski definition) is 1. The molecule has 1 nitrogen and oxygen atoms in total. The van der Waals surface area contributed by atoms with Crippen molar-refractivity contribution >= 4 is 19.8 Å². The van der Waals surface area contributed by atoms with Crippen molar-refractivity contribution in [3.63, 3.8) is 0 Å². The Bertz CT molecular complexity index is 71.3. The zero-order chi connectivity index (χ0) is 7.44. The molecule has 0 amide bonds. The summed E-state index contributed by atoms with van der Waals surface area (Å²) >= 11 is -0.473. The molecule has 0 spiro atoms. The van der Waals surface area contributed by atoms with Gasteiger partial charge in [-0.15, -0.1) is 0 Å². The van der Waals surface area contributed by atoms with E-state index in [-0.39, 0.29) is 0 Å². The molecule has 0 aromatic heterocycles. The number of rotatable bonds is 3. The van der Waals surface area contributed by atoms with E-state index in [0.717, 1.165) is 6.04 Å². The molecule has 0 radical (unpaired) electrons. The summed E-state index contributed by atoms with van der Waals surface area (Å²) < 4.78 is 1.46. The van der Waals surface area contributed by atoms with Gasteiger partial charge in [-0.1, -0.05) is 0 Å². The minimum absolute atomic E-state index is 0.473. The standard InChI is InChI=1S/C7H18IN/c1-7(9(4)5)6-8(2)3/h7H,6H2,1-5H3. The molecular formula is C7H18IN. The minimum atomic E-state index is -0.473. The van der Waals surface area contributed by atoms with Crippen molar-refractivity contribution in [2.45, 2.75) is 13.0 Å². The van der Waals surface area contributed by atoms with Crippen LogP contribution in [-0.4, -0.2) is 39.3 Å². The molecule has 0 N–H and O–H groups in total. The number of halogens is 1. The monoisotopic (exact) mass is 243 g/mol. The van der Waals surface area contributed by atoms with Crippen molar-refractivity contribution < 1.29 is 0 Å². The maximum absolute atomic E-state index is 2.42. The van der Waals surface area contributed by atoms with Gasteiger partial charge in [-0.05, 0) is 0 Å². The van der Waals surface area contributed by atoms with E-state index in [1.807, 2.05) is 0 Å². The van der Waals surface area contributed by atoms with Crippen molar-refractivity contribution in [2.75, 3.05) is 28.4 Å². The van der Waals surface area contributed by atoms with Crippen molar-refractivity contribution in [3.05, 3.63) is 0 Å². The van der Waals surface area contributed by atoms with Crippen molar-refractivity contribution in [2.24, 2.45) is 0 Å². The van der Waals surface area contributed by atoms with Crippen LogP contribution in [0.25, 0.3) is 0 Å². The van der Waals surface area contributed by atoms with Gasteiger partial charge in [0.25, 0.3) is 0 Å². The SMILES string of the molecule is CC(CI(C)C)N(C)C. The molecule has 0 heterocycles. The molecule has 0 aromatic rings. The Morgan fingerprint density at radius 2 is 1.78 bits per heavy atom. The molecule has 0 saturated heterocycles. The van der Waals surface area contributed by atoms with Crippen LogP contribution in [0.1, 0.15) is 6.92 Å². The van der Waals surface area contributed by atoms with E-state index in [9.17, 15) is 0 Å². The molecule has 0 aliphatic carbocycles. The van der Waals surface area contributed by atoms with Crippen LogP contribution in [0, 0.1) is 0 Å². The predicted molar refractivity (Wildman–Crippen MR) is 53.9 cm³/mol. The summed E-state index contributed by atoms with van der Waals surface area (Å²) in [6.45, 7) is 2.30. The second kappa shape index (κ2) is 4.50. The third-order valence-electron chi connectivity index (χ3n) is 1.41. The normalized spacial score (nSPS) is 16.0. The van der Waals surface area contributed by atoms with Gasteiger partial charge < -0.3 is 0 Å². The number of alkyl halides is 3. The Labute approximate surface area is 66.2 Å². The fourth-order valence-corrected chi connectivity index (χ4v) is 3.92. The van der Waals surface area contributed by atoms with E-state index in [0.29, 0.717) is 0 Å².